The molecule has 6 nitrogen and oxygen atoms in total. The van der Waals surface area contributed by atoms with Gasteiger partial charge in [-0.3, -0.25) is 0 Å². The van der Waals surface area contributed by atoms with Crippen molar-refractivity contribution < 1.29 is 13.5 Å². The van der Waals surface area contributed by atoms with E-state index in [4.69, 9.17) is 5.73 Å². The SMILES string of the molecule is CNS(=O)(=O)c1ccc(NC2CC(O)C2)cc1N. The summed E-state index contributed by atoms with van der Waals surface area (Å²) in [5, 5.41) is 12.4. The van der Waals surface area contributed by atoms with Crippen molar-refractivity contribution in [1.82, 2.24) is 4.72 Å². The molecule has 0 spiro atoms. The van der Waals surface area contributed by atoms with E-state index in [1.807, 2.05) is 0 Å². The van der Waals surface area contributed by atoms with Crippen molar-refractivity contribution in [1.29, 1.82) is 0 Å². The fraction of sp³-hybridized carbons (Fsp3) is 0.455. The normalized spacial score (nSPS) is 23.4. The Morgan fingerprint density at radius 2 is 2.06 bits per heavy atom. The van der Waals surface area contributed by atoms with Gasteiger partial charge in [0.2, 0.25) is 10.0 Å². The summed E-state index contributed by atoms with van der Waals surface area (Å²) in [6.07, 6.45) is 1.18. The predicted molar refractivity (Wildman–Crippen MR) is 69.8 cm³/mol. The minimum Gasteiger partial charge on any atom is -0.398 e. The van der Waals surface area contributed by atoms with Gasteiger partial charge in [-0.25, -0.2) is 13.1 Å². The smallest absolute Gasteiger partial charge is 0.242 e. The van der Waals surface area contributed by atoms with Gasteiger partial charge in [0.1, 0.15) is 4.90 Å². The Hall–Kier alpha value is -1.31. The minimum atomic E-state index is -3.52. The molecule has 0 bridgehead atoms. The molecular weight excluding hydrogens is 254 g/mol. The zero-order chi connectivity index (χ0) is 13.3. The predicted octanol–water partition coefficient (Wildman–Crippen LogP) is 0.112. The monoisotopic (exact) mass is 271 g/mol. The number of nitrogens with one attached hydrogen (secondary N) is 2. The molecule has 0 unspecified atom stereocenters. The van der Waals surface area contributed by atoms with Gasteiger partial charge in [0.05, 0.1) is 11.8 Å². The largest absolute Gasteiger partial charge is 0.398 e. The number of sulfonamides is 1. The van der Waals surface area contributed by atoms with E-state index in [-0.39, 0.29) is 22.7 Å². The van der Waals surface area contributed by atoms with Crippen molar-refractivity contribution in [3.05, 3.63) is 18.2 Å². The Balaban J connectivity index is 2.15. The van der Waals surface area contributed by atoms with Gasteiger partial charge < -0.3 is 16.2 Å². The Labute approximate surface area is 106 Å². The first-order valence-electron chi connectivity index (χ1n) is 5.70. The third-order valence-electron chi connectivity index (χ3n) is 3.05. The molecule has 1 aliphatic carbocycles. The molecule has 7 heteroatoms. The fourth-order valence-corrected chi connectivity index (χ4v) is 2.77. The first kappa shape index (κ1) is 13.1. The van der Waals surface area contributed by atoms with E-state index in [1.54, 1.807) is 12.1 Å². The minimum absolute atomic E-state index is 0.0733. The topological polar surface area (TPSA) is 104 Å². The van der Waals surface area contributed by atoms with Crippen LogP contribution in [0, 0.1) is 0 Å². The number of hydrogen-bond acceptors (Lipinski definition) is 5. The summed E-state index contributed by atoms with van der Waals surface area (Å²) in [5.74, 6) is 0. The molecule has 0 heterocycles. The van der Waals surface area contributed by atoms with E-state index >= 15 is 0 Å². The highest BCUT2D eigenvalue weighted by molar-refractivity contribution is 7.89. The van der Waals surface area contributed by atoms with Crippen LogP contribution in [0.2, 0.25) is 0 Å². The maximum Gasteiger partial charge on any atom is 0.242 e. The molecule has 18 heavy (non-hydrogen) atoms. The lowest BCUT2D eigenvalue weighted by molar-refractivity contribution is 0.0836. The molecule has 5 N–H and O–H groups in total. The van der Waals surface area contributed by atoms with Crippen molar-refractivity contribution in [2.75, 3.05) is 18.1 Å². The molecular formula is C11H17N3O3S. The molecule has 0 aromatic heterocycles. The van der Waals surface area contributed by atoms with E-state index in [1.165, 1.54) is 13.1 Å². The first-order chi connectivity index (χ1) is 8.42. The maximum atomic E-state index is 11.6. The lowest BCUT2D eigenvalue weighted by Crippen LogP contribution is -2.38. The highest BCUT2D eigenvalue weighted by Crippen LogP contribution is 2.27. The summed E-state index contributed by atoms with van der Waals surface area (Å²) in [4.78, 5) is 0.0733. The molecule has 0 atom stereocenters. The summed E-state index contributed by atoms with van der Waals surface area (Å²) in [6.45, 7) is 0. The number of nitrogens with two attached hydrogens (primary N) is 1. The zero-order valence-electron chi connectivity index (χ0n) is 10.1. The van der Waals surface area contributed by atoms with Crippen molar-refractivity contribution >= 4 is 21.4 Å². The molecule has 1 aromatic rings. The van der Waals surface area contributed by atoms with Crippen molar-refractivity contribution in [2.45, 2.75) is 29.9 Å². The van der Waals surface area contributed by atoms with Crippen LogP contribution in [-0.2, 0) is 10.0 Å². The number of benzene rings is 1. The summed E-state index contributed by atoms with van der Waals surface area (Å²) < 4.78 is 25.5. The van der Waals surface area contributed by atoms with Crippen LogP contribution in [0.4, 0.5) is 11.4 Å². The fourth-order valence-electron chi connectivity index (χ4n) is 1.93. The van der Waals surface area contributed by atoms with Gasteiger partial charge in [-0.2, -0.15) is 0 Å². The van der Waals surface area contributed by atoms with Crippen molar-refractivity contribution in [3.63, 3.8) is 0 Å². The molecule has 1 aromatic carbocycles. The van der Waals surface area contributed by atoms with Crippen LogP contribution >= 0.6 is 0 Å². The standard InChI is InChI=1S/C11H17N3O3S/c1-13-18(16,17)11-3-2-7(6-10(11)12)14-8-4-9(15)5-8/h2-3,6,8-9,13-15H,4-5,12H2,1H3. The molecule has 2 rings (SSSR count). The van der Waals surface area contributed by atoms with Gasteiger partial charge >= 0.3 is 0 Å². The van der Waals surface area contributed by atoms with E-state index in [2.05, 4.69) is 10.0 Å². The molecule has 0 radical (unpaired) electrons. The van der Waals surface area contributed by atoms with Gasteiger partial charge in [0.25, 0.3) is 0 Å². The molecule has 0 aliphatic heterocycles. The van der Waals surface area contributed by atoms with Crippen LogP contribution in [0.5, 0.6) is 0 Å². The number of rotatable bonds is 4. The lowest BCUT2D eigenvalue weighted by Gasteiger charge is -2.32. The summed E-state index contributed by atoms with van der Waals surface area (Å²) in [5.41, 5.74) is 6.70. The Morgan fingerprint density at radius 1 is 1.39 bits per heavy atom. The van der Waals surface area contributed by atoms with Gasteiger partial charge in [-0.15, -0.1) is 0 Å². The van der Waals surface area contributed by atoms with Crippen LogP contribution < -0.4 is 15.8 Å². The summed E-state index contributed by atoms with van der Waals surface area (Å²) in [7, 11) is -2.17. The summed E-state index contributed by atoms with van der Waals surface area (Å²) >= 11 is 0. The molecule has 0 amide bonds. The lowest BCUT2D eigenvalue weighted by atomic mass is 9.89. The number of aliphatic hydroxyl groups excluding tert-OH is 1. The van der Waals surface area contributed by atoms with Crippen molar-refractivity contribution in [3.8, 4) is 0 Å². The number of hydrogen-bond donors (Lipinski definition) is 4. The second-order valence-electron chi connectivity index (χ2n) is 4.43. The molecule has 1 aliphatic rings. The average molecular weight is 271 g/mol. The quantitative estimate of drug-likeness (QED) is 0.582. The van der Waals surface area contributed by atoms with Gasteiger partial charge in [0, 0.05) is 11.7 Å². The third-order valence-corrected chi connectivity index (χ3v) is 4.54. The average Bonchev–Trinajstić information content (AvgIpc) is 2.27. The van der Waals surface area contributed by atoms with E-state index in [0.717, 1.165) is 5.69 Å². The molecule has 1 saturated carbocycles. The van der Waals surface area contributed by atoms with Gasteiger partial charge in [-0.05, 0) is 38.1 Å². The van der Waals surface area contributed by atoms with E-state index in [0.29, 0.717) is 12.8 Å². The van der Waals surface area contributed by atoms with Crippen molar-refractivity contribution in [2.24, 2.45) is 0 Å². The van der Waals surface area contributed by atoms with Crippen LogP contribution in [0.25, 0.3) is 0 Å². The van der Waals surface area contributed by atoms with E-state index < -0.39 is 10.0 Å². The first-order valence-corrected chi connectivity index (χ1v) is 7.18. The van der Waals surface area contributed by atoms with Crippen LogP contribution in [0.15, 0.2) is 23.1 Å². The highest BCUT2D eigenvalue weighted by Gasteiger charge is 2.27. The van der Waals surface area contributed by atoms with Gasteiger partial charge in [-0.1, -0.05) is 0 Å². The third kappa shape index (κ3) is 2.58. The van der Waals surface area contributed by atoms with Crippen LogP contribution in [0.1, 0.15) is 12.8 Å². The van der Waals surface area contributed by atoms with Crippen LogP contribution in [0.3, 0.4) is 0 Å². The molecule has 100 valence electrons. The van der Waals surface area contributed by atoms with Gasteiger partial charge in [0.15, 0.2) is 0 Å². The maximum absolute atomic E-state index is 11.6. The highest BCUT2D eigenvalue weighted by atomic mass is 32.2. The van der Waals surface area contributed by atoms with Crippen LogP contribution in [-0.4, -0.2) is 32.7 Å². The zero-order valence-corrected chi connectivity index (χ0v) is 10.9. The van der Waals surface area contributed by atoms with E-state index in [9.17, 15) is 13.5 Å². The Morgan fingerprint density at radius 3 is 2.56 bits per heavy atom. The number of anilines is 2. The summed E-state index contributed by atoms with van der Waals surface area (Å²) in [6, 6.07) is 4.96. The molecule has 1 fully saturated rings. The molecule has 0 saturated heterocycles. The number of aliphatic hydroxyl groups is 1. The Kier molecular flexibility index (Phi) is 3.47. The Bertz CT molecular complexity index is 538. The second-order valence-corrected chi connectivity index (χ2v) is 6.28. The second kappa shape index (κ2) is 4.75. The number of nitrogen functional groups attached to an aromatic ring is 1.